The molecule has 6 heteroatoms. The summed E-state index contributed by atoms with van der Waals surface area (Å²) in [6.45, 7) is 2.18. The van der Waals surface area contributed by atoms with Gasteiger partial charge in [-0.1, -0.05) is 83.9 Å². The number of amides is 2. The van der Waals surface area contributed by atoms with Crippen molar-refractivity contribution in [1.29, 1.82) is 0 Å². The van der Waals surface area contributed by atoms with Crippen LogP contribution < -0.4 is 0 Å². The Morgan fingerprint density at radius 2 is 1.36 bits per heavy atom. The third kappa shape index (κ3) is 5.95. The average molecular weight is 481 g/mol. The molecule has 0 spiro atoms. The van der Waals surface area contributed by atoms with Gasteiger partial charge in [0.1, 0.15) is 0 Å². The molecule has 3 aromatic rings. The Kier molecular flexibility index (Phi) is 7.69. The van der Waals surface area contributed by atoms with Gasteiger partial charge >= 0.3 is 0 Å². The summed E-state index contributed by atoms with van der Waals surface area (Å²) in [4.78, 5) is 30.2. The second-order valence-electron chi connectivity index (χ2n) is 8.36. The van der Waals surface area contributed by atoms with Crippen molar-refractivity contribution < 1.29 is 9.59 Å². The molecule has 1 aliphatic rings. The number of halogens is 2. The number of rotatable bonds is 6. The van der Waals surface area contributed by atoms with Crippen LogP contribution in [0.5, 0.6) is 0 Å². The van der Waals surface area contributed by atoms with Crippen LogP contribution in [0.4, 0.5) is 0 Å². The minimum Gasteiger partial charge on any atom is -0.339 e. The molecule has 4 nitrogen and oxygen atoms in total. The molecular formula is C27H26Cl2N2O2. The third-order valence-corrected chi connectivity index (χ3v) is 6.58. The Morgan fingerprint density at radius 3 is 1.88 bits per heavy atom. The van der Waals surface area contributed by atoms with Crippen molar-refractivity contribution in [3.8, 4) is 0 Å². The molecule has 2 amide bonds. The number of hydrogen-bond donors (Lipinski definition) is 0. The van der Waals surface area contributed by atoms with E-state index in [9.17, 15) is 9.59 Å². The molecule has 0 aliphatic carbocycles. The van der Waals surface area contributed by atoms with Crippen molar-refractivity contribution in [2.45, 2.75) is 25.9 Å². The van der Waals surface area contributed by atoms with Crippen LogP contribution in [0.1, 0.15) is 34.3 Å². The van der Waals surface area contributed by atoms with Gasteiger partial charge in [-0.15, -0.1) is 0 Å². The molecule has 0 N–H and O–H groups in total. The van der Waals surface area contributed by atoms with E-state index in [4.69, 9.17) is 23.2 Å². The van der Waals surface area contributed by atoms with Crippen LogP contribution in [0, 0.1) is 5.92 Å². The van der Waals surface area contributed by atoms with Gasteiger partial charge in [0, 0.05) is 37.1 Å². The Morgan fingerprint density at radius 1 is 0.818 bits per heavy atom. The number of nitrogens with zero attached hydrogens (tertiary/aromatic N) is 2. The van der Waals surface area contributed by atoms with Gasteiger partial charge in [-0.25, -0.2) is 0 Å². The Hall–Kier alpha value is -2.82. The molecule has 1 saturated heterocycles. The number of carbonyl (C=O) groups is 2. The fourth-order valence-electron chi connectivity index (χ4n) is 4.24. The van der Waals surface area contributed by atoms with E-state index in [-0.39, 0.29) is 17.7 Å². The van der Waals surface area contributed by atoms with Crippen molar-refractivity contribution in [3.63, 3.8) is 0 Å². The second kappa shape index (κ2) is 10.9. The maximum Gasteiger partial charge on any atom is 0.255 e. The van der Waals surface area contributed by atoms with Gasteiger partial charge in [-0.05, 0) is 42.2 Å². The van der Waals surface area contributed by atoms with Crippen molar-refractivity contribution in [3.05, 3.63) is 106 Å². The number of carbonyl (C=O) groups excluding carboxylic acids is 2. The summed E-state index contributed by atoms with van der Waals surface area (Å²) >= 11 is 12.2. The molecule has 1 fully saturated rings. The van der Waals surface area contributed by atoms with Crippen LogP contribution in [-0.2, 0) is 17.9 Å². The molecule has 0 radical (unpaired) electrons. The van der Waals surface area contributed by atoms with Gasteiger partial charge in [-0.2, -0.15) is 0 Å². The summed E-state index contributed by atoms with van der Waals surface area (Å²) in [5, 5.41) is 0.848. The van der Waals surface area contributed by atoms with Gasteiger partial charge in [0.2, 0.25) is 5.91 Å². The lowest BCUT2D eigenvalue weighted by atomic mass is 9.94. The van der Waals surface area contributed by atoms with E-state index in [1.54, 1.807) is 23.1 Å². The van der Waals surface area contributed by atoms with E-state index in [1.807, 2.05) is 65.6 Å². The molecule has 170 valence electrons. The summed E-state index contributed by atoms with van der Waals surface area (Å²) in [6, 6.07) is 25.0. The quantitative estimate of drug-likeness (QED) is 0.429. The molecule has 4 rings (SSSR count). The predicted octanol–water partition coefficient (Wildman–Crippen LogP) is 6.07. The first-order valence-electron chi connectivity index (χ1n) is 11.1. The average Bonchev–Trinajstić information content (AvgIpc) is 2.84. The van der Waals surface area contributed by atoms with Gasteiger partial charge in [0.15, 0.2) is 0 Å². The fourth-order valence-corrected chi connectivity index (χ4v) is 4.73. The van der Waals surface area contributed by atoms with Gasteiger partial charge in [0.25, 0.3) is 5.91 Å². The first-order chi connectivity index (χ1) is 16.0. The van der Waals surface area contributed by atoms with E-state index in [0.29, 0.717) is 54.6 Å². The van der Waals surface area contributed by atoms with Crippen LogP contribution in [0.15, 0.2) is 78.9 Å². The monoisotopic (exact) mass is 480 g/mol. The Labute approximate surface area is 204 Å². The zero-order chi connectivity index (χ0) is 23.2. The zero-order valence-electron chi connectivity index (χ0n) is 18.3. The van der Waals surface area contributed by atoms with Crippen molar-refractivity contribution >= 4 is 35.0 Å². The number of benzene rings is 3. The topological polar surface area (TPSA) is 40.6 Å². The highest BCUT2D eigenvalue weighted by atomic mass is 35.5. The molecule has 0 atom stereocenters. The first kappa shape index (κ1) is 23.3. The molecule has 0 unspecified atom stereocenters. The highest BCUT2D eigenvalue weighted by molar-refractivity contribution is 6.36. The van der Waals surface area contributed by atoms with Crippen LogP contribution in [0.2, 0.25) is 10.0 Å². The fraction of sp³-hybridized carbons (Fsp3) is 0.259. The SMILES string of the molecule is O=C(c1ccc(Cl)cc1Cl)N1CCC(C(=O)N(Cc2ccccc2)Cc2ccccc2)CC1. The van der Waals surface area contributed by atoms with E-state index < -0.39 is 0 Å². The molecule has 1 heterocycles. The molecule has 0 aromatic heterocycles. The van der Waals surface area contributed by atoms with Crippen LogP contribution in [0.3, 0.4) is 0 Å². The highest BCUT2D eigenvalue weighted by Crippen LogP contribution is 2.26. The molecular weight excluding hydrogens is 455 g/mol. The third-order valence-electron chi connectivity index (χ3n) is 6.04. The maximum atomic E-state index is 13.5. The van der Waals surface area contributed by atoms with Crippen molar-refractivity contribution in [2.75, 3.05) is 13.1 Å². The number of hydrogen-bond acceptors (Lipinski definition) is 2. The number of piperidine rings is 1. The molecule has 0 saturated carbocycles. The minimum atomic E-state index is -0.118. The highest BCUT2D eigenvalue weighted by Gasteiger charge is 2.31. The Bertz CT molecular complexity index is 1060. The molecule has 3 aromatic carbocycles. The summed E-state index contributed by atoms with van der Waals surface area (Å²) in [7, 11) is 0. The van der Waals surface area contributed by atoms with Crippen LogP contribution in [0.25, 0.3) is 0 Å². The summed E-state index contributed by atoms with van der Waals surface area (Å²) in [5.74, 6) is -0.0884. The van der Waals surface area contributed by atoms with E-state index in [0.717, 1.165) is 11.1 Å². The lowest BCUT2D eigenvalue weighted by Crippen LogP contribution is -2.44. The normalized spacial score (nSPS) is 14.2. The van der Waals surface area contributed by atoms with Gasteiger partial charge < -0.3 is 9.80 Å². The smallest absolute Gasteiger partial charge is 0.255 e. The van der Waals surface area contributed by atoms with Gasteiger partial charge in [-0.3, -0.25) is 9.59 Å². The zero-order valence-corrected chi connectivity index (χ0v) is 19.8. The van der Waals surface area contributed by atoms with Crippen molar-refractivity contribution in [2.24, 2.45) is 5.92 Å². The first-order valence-corrected chi connectivity index (χ1v) is 11.9. The second-order valence-corrected chi connectivity index (χ2v) is 9.20. The summed E-state index contributed by atoms with van der Waals surface area (Å²) in [6.07, 6.45) is 1.27. The maximum absolute atomic E-state index is 13.5. The number of likely N-dealkylation sites (tertiary alicyclic amines) is 1. The van der Waals surface area contributed by atoms with Gasteiger partial charge in [0.05, 0.1) is 10.6 Å². The van der Waals surface area contributed by atoms with E-state index >= 15 is 0 Å². The van der Waals surface area contributed by atoms with Crippen LogP contribution >= 0.6 is 23.2 Å². The molecule has 33 heavy (non-hydrogen) atoms. The lowest BCUT2D eigenvalue weighted by Gasteiger charge is -2.34. The minimum absolute atomic E-state index is 0.109. The summed E-state index contributed by atoms with van der Waals surface area (Å²) in [5.41, 5.74) is 2.65. The lowest BCUT2D eigenvalue weighted by molar-refractivity contribution is -0.138. The Balaban J connectivity index is 1.43. The van der Waals surface area contributed by atoms with Crippen LogP contribution in [-0.4, -0.2) is 34.7 Å². The standard InChI is InChI=1S/C27H26Cl2N2O2/c28-23-11-12-24(25(29)17-23)27(33)30-15-13-22(14-16-30)26(32)31(18-20-7-3-1-4-8-20)19-21-9-5-2-6-10-21/h1-12,17,22H,13-16,18-19H2. The predicted molar refractivity (Wildman–Crippen MR) is 132 cm³/mol. The largest absolute Gasteiger partial charge is 0.339 e. The summed E-state index contributed by atoms with van der Waals surface area (Å²) < 4.78 is 0. The van der Waals surface area contributed by atoms with E-state index in [1.165, 1.54) is 0 Å². The molecule has 0 bridgehead atoms. The van der Waals surface area contributed by atoms with E-state index in [2.05, 4.69) is 0 Å². The molecule has 1 aliphatic heterocycles. The van der Waals surface area contributed by atoms with Crippen molar-refractivity contribution in [1.82, 2.24) is 9.80 Å².